The van der Waals surface area contributed by atoms with Gasteiger partial charge in [0.2, 0.25) is 0 Å². The van der Waals surface area contributed by atoms with E-state index in [1.54, 1.807) is 12.4 Å². The average molecular weight is 318 g/mol. The van der Waals surface area contributed by atoms with Gasteiger partial charge in [0.1, 0.15) is 4.90 Å². The molecule has 0 aliphatic rings. The Hall–Kier alpha value is -1.51. The van der Waals surface area contributed by atoms with Crippen LogP contribution in [0.4, 0.5) is 14.5 Å². The summed E-state index contributed by atoms with van der Waals surface area (Å²) in [7, 11) is -2.11. The van der Waals surface area contributed by atoms with E-state index in [1.165, 1.54) is 23.5 Å². The third-order valence-corrected chi connectivity index (χ3v) is 5.02. The summed E-state index contributed by atoms with van der Waals surface area (Å²) < 4.78 is 52.5. The van der Waals surface area contributed by atoms with Gasteiger partial charge in [0.25, 0.3) is 10.0 Å². The largest absolute Gasteiger partial charge is 0.315 e. The van der Waals surface area contributed by atoms with Crippen LogP contribution in [-0.4, -0.2) is 15.5 Å². The number of benzene rings is 1. The van der Waals surface area contributed by atoms with Crippen LogP contribution in [-0.2, 0) is 16.6 Å². The van der Waals surface area contributed by atoms with Crippen LogP contribution in [0.1, 0.15) is 4.88 Å². The maximum Gasteiger partial charge on any atom is 0.263 e. The van der Waals surface area contributed by atoms with E-state index in [4.69, 9.17) is 0 Å². The highest BCUT2D eigenvalue weighted by Crippen LogP contribution is 2.24. The average Bonchev–Trinajstić information content (AvgIpc) is 2.83. The van der Waals surface area contributed by atoms with Gasteiger partial charge < -0.3 is 5.32 Å². The van der Waals surface area contributed by atoms with Gasteiger partial charge in [-0.05, 0) is 30.6 Å². The van der Waals surface area contributed by atoms with Crippen LogP contribution in [0.2, 0.25) is 0 Å². The monoisotopic (exact) mass is 318 g/mol. The number of sulfonamides is 1. The van der Waals surface area contributed by atoms with Crippen LogP contribution in [0.5, 0.6) is 0 Å². The summed E-state index contributed by atoms with van der Waals surface area (Å²) in [5, 5.41) is 4.53. The van der Waals surface area contributed by atoms with E-state index in [-0.39, 0.29) is 10.6 Å². The molecule has 0 saturated heterocycles. The molecule has 4 nitrogen and oxygen atoms in total. The summed E-state index contributed by atoms with van der Waals surface area (Å²) in [5.41, 5.74) is -0.0227. The van der Waals surface area contributed by atoms with E-state index in [0.717, 1.165) is 12.1 Å². The Morgan fingerprint density at radius 1 is 1.20 bits per heavy atom. The highest BCUT2D eigenvalue weighted by Gasteiger charge is 2.20. The molecule has 2 aromatic rings. The number of rotatable bonds is 5. The van der Waals surface area contributed by atoms with Gasteiger partial charge in [-0.25, -0.2) is 17.2 Å². The fraction of sp³-hybridized carbons (Fsp3) is 0.167. The summed E-state index contributed by atoms with van der Waals surface area (Å²) in [5.74, 6) is -2.13. The zero-order chi connectivity index (χ0) is 14.8. The molecule has 0 aliphatic carbocycles. The molecule has 0 bridgehead atoms. The normalized spacial score (nSPS) is 11.6. The van der Waals surface area contributed by atoms with E-state index >= 15 is 0 Å². The first-order valence-electron chi connectivity index (χ1n) is 5.63. The fourth-order valence-electron chi connectivity index (χ4n) is 1.63. The lowest BCUT2D eigenvalue weighted by atomic mass is 10.3. The van der Waals surface area contributed by atoms with Crippen molar-refractivity contribution in [1.82, 2.24) is 5.32 Å². The van der Waals surface area contributed by atoms with Crippen LogP contribution < -0.4 is 10.0 Å². The minimum Gasteiger partial charge on any atom is -0.315 e. The Kier molecular flexibility index (Phi) is 4.36. The minimum absolute atomic E-state index is 0.0227. The molecule has 0 aliphatic heterocycles. The van der Waals surface area contributed by atoms with Crippen molar-refractivity contribution in [2.75, 3.05) is 11.8 Å². The van der Waals surface area contributed by atoms with Crippen molar-refractivity contribution in [3.05, 3.63) is 46.2 Å². The molecule has 0 atom stereocenters. The maximum atomic E-state index is 13.1. The Labute approximate surface area is 119 Å². The Morgan fingerprint density at radius 2 is 1.95 bits per heavy atom. The number of nitrogens with one attached hydrogen (secondary N) is 2. The number of hydrogen-bond donors (Lipinski definition) is 2. The van der Waals surface area contributed by atoms with Gasteiger partial charge in [0.05, 0.1) is 5.69 Å². The van der Waals surface area contributed by atoms with Crippen LogP contribution in [0.3, 0.4) is 0 Å². The zero-order valence-electron chi connectivity index (χ0n) is 10.5. The van der Waals surface area contributed by atoms with Crippen LogP contribution in [0.15, 0.2) is 34.5 Å². The predicted molar refractivity (Wildman–Crippen MR) is 74.2 cm³/mol. The molecule has 20 heavy (non-hydrogen) atoms. The van der Waals surface area contributed by atoms with Crippen molar-refractivity contribution >= 4 is 27.0 Å². The molecule has 0 radical (unpaired) electrons. The van der Waals surface area contributed by atoms with E-state index in [2.05, 4.69) is 10.0 Å². The topological polar surface area (TPSA) is 58.2 Å². The minimum atomic E-state index is -3.82. The van der Waals surface area contributed by atoms with E-state index in [0.29, 0.717) is 11.4 Å². The molecule has 1 aromatic heterocycles. The lowest BCUT2D eigenvalue weighted by Crippen LogP contribution is -2.15. The second-order valence-electron chi connectivity index (χ2n) is 3.97. The standard InChI is InChI=1S/C12H12F2N2O2S2/c1-15-7-11-12(4-5-19-11)20(17,18)16-8-2-3-9(13)10(14)6-8/h2-6,15-16H,7H2,1H3. The van der Waals surface area contributed by atoms with Crippen molar-refractivity contribution in [1.29, 1.82) is 0 Å². The first-order chi connectivity index (χ1) is 9.44. The van der Waals surface area contributed by atoms with E-state index in [9.17, 15) is 17.2 Å². The van der Waals surface area contributed by atoms with Crippen LogP contribution in [0, 0.1) is 11.6 Å². The zero-order valence-corrected chi connectivity index (χ0v) is 12.1. The summed E-state index contributed by atoms with van der Waals surface area (Å²) in [6.45, 7) is 0.408. The highest BCUT2D eigenvalue weighted by atomic mass is 32.2. The molecule has 1 aromatic carbocycles. The molecule has 0 amide bonds. The number of halogens is 2. The second kappa shape index (κ2) is 5.86. The molecule has 0 spiro atoms. The smallest absolute Gasteiger partial charge is 0.263 e. The van der Waals surface area contributed by atoms with E-state index in [1.807, 2.05) is 0 Å². The second-order valence-corrected chi connectivity index (χ2v) is 6.62. The lowest BCUT2D eigenvalue weighted by Gasteiger charge is -2.09. The molecule has 1 heterocycles. The first kappa shape index (κ1) is 14.9. The van der Waals surface area contributed by atoms with Crippen LogP contribution >= 0.6 is 11.3 Å². The van der Waals surface area contributed by atoms with Crippen molar-refractivity contribution < 1.29 is 17.2 Å². The first-order valence-corrected chi connectivity index (χ1v) is 7.99. The number of thiophene rings is 1. The van der Waals surface area contributed by atoms with Gasteiger partial charge in [-0.2, -0.15) is 0 Å². The molecule has 2 N–H and O–H groups in total. The molecule has 0 saturated carbocycles. The van der Waals surface area contributed by atoms with Gasteiger partial charge in [-0.1, -0.05) is 0 Å². The maximum absolute atomic E-state index is 13.1. The summed E-state index contributed by atoms with van der Waals surface area (Å²) in [4.78, 5) is 0.768. The van der Waals surface area contributed by atoms with Crippen molar-refractivity contribution in [2.45, 2.75) is 11.4 Å². The SMILES string of the molecule is CNCc1sccc1S(=O)(=O)Nc1ccc(F)c(F)c1. The van der Waals surface area contributed by atoms with Crippen molar-refractivity contribution in [3.63, 3.8) is 0 Å². The van der Waals surface area contributed by atoms with Crippen molar-refractivity contribution in [2.24, 2.45) is 0 Å². The van der Waals surface area contributed by atoms with E-state index < -0.39 is 21.7 Å². The van der Waals surface area contributed by atoms with Gasteiger partial charge in [-0.15, -0.1) is 11.3 Å². The molecule has 0 fully saturated rings. The van der Waals surface area contributed by atoms with Crippen LogP contribution in [0.25, 0.3) is 0 Å². The molecule has 2 rings (SSSR count). The Morgan fingerprint density at radius 3 is 2.60 bits per heavy atom. The molecule has 108 valence electrons. The van der Waals surface area contributed by atoms with Crippen molar-refractivity contribution in [3.8, 4) is 0 Å². The summed E-state index contributed by atoms with van der Waals surface area (Å²) in [6.07, 6.45) is 0. The number of hydrogen-bond acceptors (Lipinski definition) is 4. The third kappa shape index (κ3) is 3.14. The summed E-state index contributed by atoms with van der Waals surface area (Å²) in [6, 6.07) is 4.31. The quantitative estimate of drug-likeness (QED) is 0.891. The molecular formula is C12H12F2N2O2S2. The fourth-order valence-corrected chi connectivity index (χ4v) is 4.13. The highest BCUT2D eigenvalue weighted by molar-refractivity contribution is 7.93. The lowest BCUT2D eigenvalue weighted by molar-refractivity contribution is 0.509. The predicted octanol–water partition coefficient (Wildman–Crippen LogP) is 2.55. The number of anilines is 1. The van der Waals surface area contributed by atoms with Gasteiger partial charge >= 0.3 is 0 Å². The molecular weight excluding hydrogens is 306 g/mol. The Bertz CT molecular complexity index is 714. The van der Waals surface area contributed by atoms with Gasteiger partial charge in [0.15, 0.2) is 11.6 Å². The molecule has 8 heteroatoms. The van der Waals surface area contributed by atoms with Gasteiger partial charge in [-0.3, -0.25) is 4.72 Å². The summed E-state index contributed by atoms with van der Waals surface area (Å²) >= 11 is 1.30. The third-order valence-electron chi connectivity index (χ3n) is 2.50. The van der Waals surface area contributed by atoms with Gasteiger partial charge in [0, 0.05) is 17.5 Å². The molecule has 0 unspecified atom stereocenters. The Balaban J connectivity index is 2.30.